The predicted octanol–water partition coefficient (Wildman–Crippen LogP) is 4.07. The average molecular weight is 591 g/mol. The van der Waals surface area contributed by atoms with Gasteiger partial charge in [-0.3, -0.25) is 9.59 Å². The maximum Gasteiger partial charge on any atom is 0.223 e. The van der Waals surface area contributed by atoms with Crippen molar-refractivity contribution in [3.63, 3.8) is 0 Å². The number of hydrogen-bond acceptors (Lipinski definition) is 8. The first kappa shape index (κ1) is 30.4. The van der Waals surface area contributed by atoms with Gasteiger partial charge >= 0.3 is 0 Å². The molecule has 2 saturated heterocycles. The van der Waals surface area contributed by atoms with Crippen molar-refractivity contribution in [1.29, 1.82) is 0 Å². The fourth-order valence-electron chi connectivity index (χ4n) is 6.01. The monoisotopic (exact) mass is 590 g/mol. The molecule has 0 spiro atoms. The third kappa shape index (κ3) is 6.96. The molecule has 2 aliphatic heterocycles. The maximum atomic E-state index is 13.9. The summed E-state index contributed by atoms with van der Waals surface area (Å²) >= 11 is 0. The Morgan fingerprint density at radius 3 is 2.35 bits per heavy atom. The van der Waals surface area contributed by atoms with Gasteiger partial charge in [0.15, 0.2) is 0 Å². The number of pyridine rings is 1. The molecule has 43 heavy (non-hydrogen) atoms. The lowest BCUT2D eigenvalue weighted by atomic mass is 10.1. The molecule has 10 heteroatoms. The molecule has 2 amide bonds. The minimum atomic E-state index is 0.000758. The number of amides is 2. The summed E-state index contributed by atoms with van der Waals surface area (Å²) in [7, 11) is 4.92. The summed E-state index contributed by atoms with van der Waals surface area (Å²) in [4.78, 5) is 37.0. The molecule has 2 aliphatic rings. The first-order valence-corrected chi connectivity index (χ1v) is 15.0. The third-order valence-electron chi connectivity index (χ3n) is 8.39. The van der Waals surface area contributed by atoms with Crippen molar-refractivity contribution in [2.75, 3.05) is 65.6 Å². The Labute approximate surface area is 253 Å². The molecular weight excluding hydrogens is 548 g/mol. The SMILES string of the molecule is COc1ccccc1CCC(=O)N(Cc1cc2c(OC)ccc(OC)c2nc1N1CCN(C(C)=O)CC1)CC1CCCO1. The van der Waals surface area contributed by atoms with E-state index in [9.17, 15) is 9.59 Å². The fourth-order valence-corrected chi connectivity index (χ4v) is 6.01. The highest BCUT2D eigenvalue weighted by molar-refractivity contribution is 5.92. The van der Waals surface area contributed by atoms with Crippen LogP contribution in [-0.4, -0.2) is 93.4 Å². The predicted molar refractivity (Wildman–Crippen MR) is 165 cm³/mol. The topological polar surface area (TPSA) is 93.7 Å². The zero-order valence-electron chi connectivity index (χ0n) is 25.6. The molecular formula is C33H42N4O6. The highest BCUT2D eigenvalue weighted by Gasteiger charge is 2.28. The molecule has 1 atom stereocenters. The van der Waals surface area contributed by atoms with Gasteiger partial charge < -0.3 is 33.6 Å². The molecule has 0 bridgehead atoms. The highest BCUT2D eigenvalue weighted by atomic mass is 16.5. The van der Waals surface area contributed by atoms with Gasteiger partial charge in [-0.1, -0.05) is 18.2 Å². The molecule has 1 unspecified atom stereocenters. The molecule has 1 aromatic heterocycles. The number of aryl methyl sites for hydroxylation is 1. The maximum absolute atomic E-state index is 13.9. The van der Waals surface area contributed by atoms with Crippen molar-refractivity contribution in [2.45, 2.75) is 45.3 Å². The Hall–Kier alpha value is -4.05. The number of benzene rings is 2. The highest BCUT2D eigenvalue weighted by Crippen LogP contribution is 2.36. The van der Waals surface area contributed by atoms with Crippen molar-refractivity contribution in [2.24, 2.45) is 0 Å². The number of carbonyl (C=O) groups excluding carboxylic acids is 2. The summed E-state index contributed by atoms with van der Waals surface area (Å²) in [6, 6.07) is 13.6. The lowest BCUT2D eigenvalue weighted by Crippen LogP contribution is -2.48. The van der Waals surface area contributed by atoms with Gasteiger partial charge in [-0.2, -0.15) is 0 Å². The van der Waals surface area contributed by atoms with E-state index in [0.717, 1.165) is 40.9 Å². The lowest BCUT2D eigenvalue weighted by molar-refractivity contribution is -0.133. The summed E-state index contributed by atoms with van der Waals surface area (Å²) in [6.45, 7) is 5.71. The summed E-state index contributed by atoms with van der Waals surface area (Å²) in [5.41, 5.74) is 2.62. The standard InChI is InChI=1S/C33H42N4O6/c1-23(38)35-15-17-36(18-16-35)33-25(20-27-29(41-3)12-13-30(42-4)32(27)34-33)21-37(22-26-9-7-19-43-26)31(39)14-11-24-8-5-6-10-28(24)40-2/h5-6,8,10,12-13,20,26H,7,9,11,14-19,21-22H2,1-4H3. The van der Waals surface area contributed by atoms with E-state index >= 15 is 0 Å². The second-order valence-corrected chi connectivity index (χ2v) is 11.1. The molecule has 0 N–H and O–H groups in total. The number of para-hydroxylation sites is 1. The number of rotatable bonds is 11. The number of ether oxygens (including phenoxy) is 4. The average Bonchev–Trinajstić information content (AvgIpc) is 3.55. The molecule has 230 valence electrons. The number of hydrogen-bond donors (Lipinski definition) is 0. The minimum Gasteiger partial charge on any atom is -0.496 e. The second-order valence-electron chi connectivity index (χ2n) is 11.1. The summed E-state index contributed by atoms with van der Waals surface area (Å²) in [6.07, 6.45) is 2.84. The summed E-state index contributed by atoms with van der Waals surface area (Å²) in [5.74, 6) is 3.03. The molecule has 0 aliphatic carbocycles. The number of fused-ring (bicyclic) bond motifs is 1. The third-order valence-corrected chi connectivity index (χ3v) is 8.39. The van der Waals surface area contributed by atoms with E-state index in [4.69, 9.17) is 23.9 Å². The Morgan fingerprint density at radius 2 is 1.67 bits per heavy atom. The largest absolute Gasteiger partial charge is 0.496 e. The van der Waals surface area contributed by atoms with Crippen molar-refractivity contribution in [3.05, 3.63) is 53.6 Å². The van der Waals surface area contributed by atoms with Crippen LogP contribution in [0.3, 0.4) is 0 Å². The number of carbonyl (C=O) groups is 2. The van der Waals surface area contributed by atoms with Crippen LogP contribution in [-0.2, 0) is 27.3 Å². The van der Waals surface area contributed by atoms with Gasteiger partial charge in [0.05, 0.1) is 27.4 Å². The van der Waals surface area contributed by atoms with E-state index in [1.165, 1.54) is 0 Å². The zero-order chi connectivity index (χ0) is 30.3. The van der Waals surface area contributed by atoms with Crippen molar-refractivity contribution >= 4 is 28.5 Å². The molecule has 3 heterocycles. The Morgan fingerprint density at radius 1 is 0.953 bits per heavy atom. The number of anilines is 1. The van der Waals surface area contributed by atoms with Crippen LogP contribution < -0.4 is 19.1 Å². The van der Waals surface area contributed by atoms with Crippen molar-refractivity contribution < 1.29 is 28.5 Å². The number of piperazine rings is 1. The van der Waals surface area contributed by atoms with Gasteiger partial charge in [0.2, 0.25) is 11.8 Å². The molecule has 10 nitrogen and oxygen atoms in total. The zero-order valence-corrected chi connectivity index (χ0v) is 25.6. The smallest absolute Gasteiger partial charge is 0.223 e. The van der Waals surface area contributed by atoms with Crippen LogP contribution in [0.2, 0.25) is 0 Å². The van der Waals surface area contributed by atoms with Gasteiger partial charge in [0, 0.05) is 70.2 Å². The summed E-state index contributed by atoms with van der Waals surface area (Å²) < 4.78 is 22.9. The van der Waals surface area contributed by atoms with Crippen LogP contribution >= 0.6 is 0 Å². The minimum absolute atomic E-state index is 0.000758. The molecule has 2 aromatic carbocycles. The van der Waals surface area contributed by atoms with Gasteiger partial charge in [-0.05, 0) is 49.1 Å². The Bertz CT molecular complexity index is 1430. The van der Waals surface area contributed by atoms with Crippen molar-refractivity contribution in [3.8, 4) is 17.2 Å². The number of aromatic nitrogens is 1. The molecule has 0 saturated carbocycles. The number of nitrogens with zero attached hydrogens (tertiary/aromatic N) is 4. The Balaban J connectivity index is 1.50. The van der Waals surface area contributed by atoms with Crippen LogP contribution in [0.4, 0.5) is 5.82 Å². The van der Waals surface area contributed by atoms with Crippen LogP contribution in [0.15, 0.2) is 42.5 Å². The van der Waals surface area contributed by atoms with E-state index in [1.54, 1.807) is 28.3 Å². The summed E-state index contributed by atoms with van der Waals surface area (Å²) in [5, 5.41) is 0.821. The first-order valence-electron chi connectivity index (χ1n) is 15.0. The van der Waals surface area contributed by atoms with Crippen LogP contribution in [0.25, 0.3) is 10.9 Å². The van der Waals surface area contributed by atoms with E-state index in [0.29, 0.717) is 75.7 Å². The molecule has 5 rings (SSSR count). The van der Waals surface area contributed by atoms with Gasteiger partial charge in [0.1, 0.15) is 28.6 Å². The van der Waals surface area contributed by atoms with Gasteiger partial charge in [0.25, 0.3) is 0 Å². The fraction of sp³-hybridized carbons (Fsp3) is 0.485. The first-order chi connectivity index (χ1) is 20.9. The molecule has 3 aromatic rings. The van der Waals surface area contributed by atoms with E-state index in [-0.39, 0.29) is 17.9 Å². The van der Waals surface area contributed by atoms with Gasteiger partial charge in [-0.15, -0.1) is 0 Å². The van der Waals surface area contributed by atoms with E-state index < -0.39 is 0 Å². The van der Waals surface area contributed by atoms with Crippen LogP contribution in [0, 0.1) is 0 Å². The Kier molecular flexibility index (Phi) is 9.86. The normalized spacial score (nSPS) is 16.8. The van der Waals surface area contributed by atoms with Crippen LogP contribution in [0.5, 0.6) is 17.2 Å². The van der Waals surface area contributed by atoms with Crippen LogP contribution in [0.1, 0.15) is 37.3 Å². The molecule has 2 fully saturated rings. The quantitative estimate of drug-likeness (QED) is 0.330. The lowest BCUT2D eigenvalue weighted by Gasteiger charge is -2.36. The van der Waals surface area contributed by atoms with E-state index in [1.807, 2.05) is 46.2 Å². The molecule has 0 radical (unpaired) electrons. The van der Waals surface area contributed by atoms with Crippen molar-refractivity contribution in [1.82, 2.24) is 14.8 Å². The van der Waals surface area contributed by atoms with Gasteiger partial charge in [-0.25, -0.2) is 4.98 Å². The number of methoxy groups -OCH3 is 3. The van der Waals surface area contributed by atoms with E-state index in [2.05, 4.69) is 11.0 Å². The second kappa shape index (κ2) is 13.9.